The van der Waals surface area contributed by atoms with Crippen molar-refractivity contribution in [1.29, 1.82) is 0 Å². The number of hydrogen-bond donors (Lipinski definition) is 2. The maximum Gasteiger partial charge on any atom is 0.266 e. The summed E-state index contributed by atoms with van der Waals surface area (Å²) in [5, 5.41) is 6.45. The Balaban J connectivity index is 2.19. The van der Waals surface area contributed by atoms with Crippen LogP contribution in [0.4, 0.5) is 0 Å². The van der Waals surface area contributed by atoms with Gasteiger partial charge in [0, 0.05) is 19.2 Å². The molecule has 1 atom stereocenters. The fraction of sp³-hybridized carbons (Fsp3) is 0.667. The third-order valence-electron chi connectivity index (χ3n) is 2.59. The van der Waals surface area contributed by atoms with Crippen LogP contribution >= 0.6 is 0 Å². The monoisotopic (exact) mass is 181 g/mol. The van der Waals surface area contributed by atoms with E-state index in [0.717, 1.165) is 18.7 Å². The van der Waals surface area contributed by atoms with E-state index < -0.39 is 0 Å². The van der Waals surface area contributed by atoms with Crippen molar-refractivity contribution in [2.75, 3.05) is 6.54 Å². The average molecular weight is 181 g/mol. The molecule has 1 aliphatic heterocycles. The molecule has 0 unspecified atom stereocenters. The zero-order valence-corrected chi connectivity index (χ0v) is 7.84. The minimum atomic E-state index is 0.0439. The molecule has 0 bridgehead atoms. The van der Waals surface area contributed by atoms with Crippen molar-refractivity contribution in [3.05, 3.63) is 22.1 Å². The maximum atomic E-state index is 11.2. The SMILES string of the molecule is Cn1[nH]c([C@H]2CCCCN2)cc1=O. The number of nitrogens with one attached hydrogen (secondary N) is 2. The van der Waals surface area contributed by atoms with E-state index in [1.165, 1.54) is 17.5 Å². The molecule has 2 rings (SSSR count). The third kappa shape index (κ3) is 1.67. The van der Waals surface area contributed by atoms with Crippen molar-refractivity contribution in [1.82, 2.24) is 15.1 Å². The number of aromatic nitrogens is 2. The summed E-state index contributed by atoms with van der Waals surface area (Å²) in [6, 6.07) is 2.03. The molecule has 2 heterocycles. The second kappa shape index (κ2) is 3.38. The summed E-state index contributed by atoms with van der Waals surface area (Å²) >= 11 is 0. The maximum absolute atomic E-state index is 11.2. The van der Waals surface area contributed by atoms with E-state index in [1.54, 1.807) is 13.1 Å². The summed E-state index contributed by atoms with van der Waals surface area (Å²) in [6.07, 6.45) is 3.61. The van der Waals surface area contributed by atoms with Gasteiger partial charge in [0.15, 0.2) is 0 Å². The number of aryl methyl sites for hydroxylation is 1. The van der Waals surface area contributed by atoms with Crippen molar-refractivity contribution in [2.24, 2.45) is 7.05 Å². The van der Waals surface area contributed by atoms with E-state index in [9.17, 15) is 4.79 Å². The molecule has 1 aromatic heterocycles. The summed E-state index contributed by atoms with van der Waals surface area (Å²) in [4.78, 5) is 11.2. The highest BCUT2D eigenvalue weighted by molar-refractivity contribution is 5.06. The van der Waals surface area contributed by atoms with Crippen LogP contribution in [0, 0.1) is 0 Å². The lowest BCUT2D eigenvalue weighted by Crippen LogP contribution is -2.27. The lowest BCUT2D eigenvalue weighted by atomic mass is 10.0. The molecule has 0 saturated carbocycles. The van der Waals surface area contributed by atoms with Gasteiger partial charge in [-0.1, -0.05) is 6.42 Å². The molecule has 4 heteroatoms. The summed E-state index contributed by atoms with van der Waals surface area (Å²) in [5.74, 6) is 0. The van der Waals surface area contributed by atoms with Gasteiger partial charge in [-0.25, -0.2) is 0 Å². The second-order valence-corrected chi connectivity index (χ2v) is 3.61. The van der Waals surface area contributed by atoms with Crippen LogP contribution in [0.15, 0.2) is 10.9 Å². The first-order chi connectivity index (χ1) is 6.27. The number of rotatable bonds is 1. The van der Waals surface area contributed by atoms with Crippen LogP contribution in [-0.2, 0) is 7.05 Å². The number of piperidine rings is 1. The normalized spacial score (nSPS) is 23.3. The molecule has 1 saturated heterocycles. The lowest BCUT2D eigenvalue weighted by Gasteiger charge is -2.21. The Hall–Kier alpha value is -1.03. The molecule has 2 N–H and O–H groups in total. The summed E-state index contributed by atoms with van der Waals surface area (Å²) in [6.45, 7) is 1.06. The van der Waals surface area contributed by atoms with E-state index in [-0.39, 0.29) is 5.56 Å². The zero-order chi connectivity index (χ0) is 9.26. The Kier molecular flexibility index (Phi) is 2.22. The van der Waals surface area contributed by atoms with Crippen LogP contribution in [0.2, 0.25) is 0 Å². The van der Waals surface area contributed by atoms with Crippen LogP contribution < -0.4 is 10.9 Å². The van der Waals surface area contributed by atoms with Crippen LogP contribution in [0.1, 0.15) is 31.0 Å². The molecule has 0 spiro atoms. The quantitative estimate of drug-likeness (QED) is 0.664. The first kappa shape index (κ1) is 8.56. The van der Waals surface area contributed by atoms with E-state index in [0.29, 0.717) is 6.04 Å². The standard InChI is InChI=1S/C9H15N3O/c1-12-9(13)6-8(11-12)7-4-2-3-5-10-7/h6-7,10-11H,2-5H2,1H3/t7-/m1/s1. The van der Waals surface area contributed by atoms with Crippen LogP contribution in [-0.4, -0.2) is 16.3 Å². The average Bonchev–Trinajstić information content (AvgIpc) is 2.49. The largest absolute Gasteiger partial charge is 0.309 e. The molecule has 0 amide bonds. The Morgan fingerprint density at radius 3 is 2.92 bits per heavy atom. The van der Waals surface area contributed by atoms with Gasteiger partial charge < -0.3 is 5.32 Å². The number of nitrogens with zero attached hydrogens (tertiary/aromatic N) is 1. The van der Waals surface area contributed by atoms with Crippen molar-refractivity contribution >= 4 is 0 Å². The molecular formula is C9H15N3O. The molecule has 72 valence electrons. The van der Waals surface area contributed by atoms with Gasteiger partial charge >= 0.3 is 0 Å². The Bertz CT molecular complexity index is 333. The second-order valence-electron chi connectivity index (χ2n) is 3.61. The first-order valence-electron chi connectivity index (χ1n) is 4.77. The van der Waals surface area contributed by atoms with Gasteiger partial charge in [0.25, 0.3) is 5.56 Å². The number of aromatic amines is 1. The van der Waals surface area contributed by atoms with E-state index in [1.807, 2.05) is 0 Å². The lowest BCUT2D eigenvalue weighted by molar-refractivity contribution is 0.402. The third-order valence-corrected chi connectivity index (χ3v) is 2.59. The molecule has 1 aliphatic rings. The summed E-state index contributed by atoms with van der Waals surface area (Å²) < 4.78 is 1.52. The topological polar surface area (TPSA) is 49.8 Å². The smallest absolute Gasteiger partial charge is 0.266 e. The van der Waals surface area contributed by atoms with Gasteiger partial charge in [0.2, 0.25) is 0 Å². The molecule has 0 aromatic carbocycles. The molecule has 0 aliphatic carbocycles. The molecule has 1 aromatic rings. The van der Waals surface area contributed by atoms with Gasteiger partial charge in [-0.05, 0) is 19.4 Å². The minimum absolute atomic E-state index is 0.0439. The summed E-state index contributed by atoms with van der Waals surface area (Å²) in [5.41, 5.74) is 1.06. The molecule has 1 fully saturated rings. The van der Waals surface area contributed by atoms with Crippen LogP contribution in [0.5, 0.6) is 0 Å². The van der Waals surface area contributed by atoms with E-state index >= 15 is 0 Å². The number of H-pyrrole nitrogens is 1. The highest BCUT2D eigenvalue weighted by Gasteiger charge is 2.16. The molecule has 13 heavy (non-hydrogen) atoms. The van der Waals surface area contributed by atoms with Gasteiger partial charge in [0.1, 0.15) is 0 Å². The fourth-order valence-electron chi connectivity index (χ4n) is 1.81. The van der Waals surface area contributed by atoms with Crippen molar-refractivity contribution < 1.29 is 0 Å². The minimum Gasteiger partial charge on any atom is -0.309 e. The van der Waals surface area contributed by atoms with Crippen molar-refractivity contribution in [3.63, 3.8) is 0 Å². The highest BCUT2D eigenvalue weighted by atomic mass is 16.1. The Morgan fingerprint density at radius 2 is 2.38 bits per heavy atom. The van der Waals surface area contributed by atoms with Gasteiger partial charge in [-0.2, -0.15) is 0 Å². The van der Waals surface area contributed by atoms with Crippen molar-refractivity contribution in [3.8, 4) is 0 Å². The molecule has 0 radical (unpaired) electrons. The van der Waals surface area contributed by atoms with Gasteiger partial charge in [0.05, 0.1) is 5.69 Å². The molecule has 4 nitrogen and oxygen atoms in total. The zero-order valence-electron chi connectivity index (χ0n) is 7.84. The van der Waals surface area contributed by atoms with Gasteiger partial charge in [-0.3, -0.25) is 14.6 Å². The first-order valence-corrected chi connectivity index (χ1v) is 4.77. The predicted molar refractivity (Wildman–Crippen MR) is 50.6 cm³/mol. The van der Waals surface area contributed by atoms with Gasteiger partial charge in [-0.15, -0.1) is 0 Å². The van der Waals surface area contributed by atoms with Crippen LogP contribution in [0.25, 0.3) is 0 Å². The fourth-order valence-corrected chi connectivity index (χ4v) is 1.81. The highest BCUT2D eigenvalue weighted by Crippen LogP contribution is 2.19. The van der Waals surface area contributed by atoms with E-state index in [2.05, 4.69) is 10.4 Å². The summed E-state index contributed by atoms with van der Waals surface area (Å²) in [7, 11) is 1.74. The Labute approximate surface area is 76.9 Å². The molecular weight excluding hydrogens is 166 g/mol. The van der Waals surface area contributed by atoms with Crippen LogP contribution in [0.3, 0.4) is 0 Å². The van der Waals surface area contributed by atoms with Crippen molar-refractivity contribution in [2.45, 2.75) is 25.3 Å². The van der Waals surface area contributed by atoms with E-state index in [4.69, 9.17) is 0 Å². The number of hydrogen-bond acceptors (Lipinski definition) is 2. The predicted octanol–water partition coefficient (Wildman–Crippen LogP) is 0.528. The Morgan fingerprint density at radius 1 is 1.54 bits per heavy atom.